The van der Waals surface area contributed by atoms with E-state index in [1.807, 2.05) is 25.1 Å². The number of anilines is 1. The van der Waals surface area contributed by atoms with E-state index in [-0.39, 0.29) is 29.5 Å². The highest BCUT2D eigenvalue weighted by atomic mass is 16.6. The monoisotopic (exact) mass is 420 g/mol. The number of pyridine rings is 1. The Labute approximate surface area is 177 Å². The minimum absolute atomic E-state index is 0.0312. The molecule has 2 amide bonds. The zero-order valence-electron chi connectivity index (χ0n) is 16.9. The molecule has 4 heterocycles. The number of benzene rings is 1. The quantitative estimate of drug-likeness (QED) is 0.540. The summed E-state index contributed by atoms with van der Waals surface area (Å²) in [5.74, 6) is 0.180. The number of amides is 2. The highest BCUT2D eigenvalue weighted by Crippen LogP contribution is 2.33. The Morgan fingerprint density at radius 2 is 2.13 bits per heavy atom. The van der Waals surface area contributed by atoms with E-state index < -0.39 is 0 Å². The molecule has 3 aromatic rings. The highest BCUT2D eigenvalue weighted by Gasteiger charge is 2.30. The molecule has 2 aliphatic rings. The van der Waals surface area contributed by atoms with Crippen molar-refractivity contribution in [3.8, 4) is 17.1 Å². The van der Waals surface area contributed by atoms with Gasteiger partial charge in [-0.15, -0.1) is 0 Å². The average molecular weight is 420 g/mol. The predicted molar refractivity (Wildman–Crippen MR) is 113 cm³/mol. The molecule has 3 N–H and O–H groups in total. The molecule has 0 saturated carbocycles. The van der Waals surface area contributed by atoms with Gasteiger partial charge in [-0.05, 0) is 25.1 Å². The molecule has 2 aliphatic heterocycles. The first kappa shape index (κ1) is 19.0. The maximum Gasteiger partial charge on any atom is 0.278 e. The maximum atomic E-state index is 12.1. The van der Waals surface area contributed by atoms with Crippen LogP contribution in [0.15, 0.2) is 35.7 Å². The minimum Gasteiger partial charge on any atom is -0.473 e. The van der Waals surface area contributed by atoms with Crippen LogP contribution in [-0.4, -0.2) is 52.2 Å². The second kappa shape index (κ2) is 7.38. The van der Waals surface area contributed by atoms with E-state index in [2.05, 4.69) is 25.8 Å². The molecule has 0 aliphatic carbocycles. The Hall–Kier alpha value is -3.95. The first-order chi connectivity index (χ1) is 15.0. The number of nitrogens with zero attached hydrogens (tertiary/aromatic N) is 3. The molecule has 0 radical (unpaired) electrons. The average Bonchev–Trinajstić information content (AvgIpc) is 3.47. The topological polar surface area (TPSA) is 131 Å². The van der Waals surface area contributed by atoms with E-state index in [1.54, 1.807) is 12.4 Å². The van der Waals surface area contributed by atoms with Crippen molar-refractivity contribution in [2.45, 2.75) is 19.4 Å². The summed E-state index contributed by atoms with van der Waals surface area (Å²) in [7, 11) is 1.40. The van der Waals surface area contributed by atoms with Crippen molar-refractivity contribution < 1.29 is 19.2 Å². The third kappa shape index (κ3) is 3.35. The molecule has 1 aromatic carbocycles. The SMILES string of the molecule is CO/N=C1\C(=O)Nc2cc(-c3cc4[nH]cnc4c(O[C@H](C)[C@H]4CNC(=O)C4)n3)ccc21. The van der Waals surface area contributed by atoms with Gasteiger partial charge in [-0.2, -0.15) is 0 Å². The third-order valence-electron chi connectivity index (χ3n) is 5.56. The molecule has 2 aromatic heterocycles. The summed E-state index contributed by atoms with van der Waals surface area (Å²) < 4.78 is 6.15. The lowest BCUT2D eigenvalue weighted by atomic mass is 10.0. The number of carbonyl (C=O) groups excluding carboxylic acids is 2. The van der Waals surface area contributed by atoms with Crippen LogP contribution >= 0.6 is 0 Å². The molecular weight excluding hydrogens is 400 g/mol. The van der Waals surface area contributed by atoms with Crippen molar-refractivity contribution in [3.63, 3.8) is 0 Å². The number of oxime groups is 1. The van der Waals surface area contributed by atoms with E-state index in [0.717, 1.165) is 11.1 Å². The van der Waals surface area contributed by atoms with Gasteiger partial charge in [0.15, 0.2) is 11.2 Å². The van der Waals surface area contributed by atoms with Crippen molar-refractivity contribution in [3.05, 3.63) is 36.2 Å². The predicted octanol–water partition coefficient (Wildman–Crippen LogP) is 1.83. The number of ether oxygens (including phenoxy) is 1. The Balaban J connectivity index is 1.50. The van der Waals surface area contributed by atoms with E-state index in [0.29, 0.717) is 41.3 Å². The lowest BCUT2D eigenvalue weighted by Gasteiger charge is -2.19. The molecule has 0 unspecified atom stereocenters. The highest BCUT2D eigenvalue weighted by molar-refractivity contribution is 6.53. The molecule has 10 heteroatoms. The minimum atomic E-state index is -0.316. The van der Waals surface area contributed by atoms with Gasteiger partial charge < -0.3 is 25.2 Å². The first-order valence-corrected chi connectivity index (χ1v) is 9.88. The van der Waals surface area contributed by atoms with E-state index >= 15 is 0 Å². The van der Waals surface area contributed by atoms with Gasteiger partial charge in [0.1, 0.15) is 13.2 Å². The van der Waals surface area contributed by atoms with Crippen LogP contribution in [-0.2, 0) is 14.4 Å². The maximum absolute atomic E-state index is 12.1. The van der Waals surface area contributed by atoms with Gasteiger partial charge in [0.05, 0.1) is 23.2 Å². The van der Waals surface area contributed by atoms with Gasteiger partial charge in [-0.3, -0.25) is 9.59 Å². The third-order valence-corrected chi connectivity index (χ3v) is 5.56. The van der Waals surface area contributed by atoms with Crippen LogP contribution < -0.4 is 15.4 Å². The summed E-state index contributed by atoms with van der Waals surface area (Å²) in [6.45, 7) is 2.51. The summed E-state index contributed by atoms with van der Waals surface area (Å²) in [6.07, 6.45) is 1.80. The van der Waals surface area contributed by atoms with Crippen LogP contribution in [0, 0.1) is 5.92 Å². The number of aromatic amines is 1. The Kier molecular flexibility index (Phi) is 4.54. The van der Waals surface area contributed by atoms with Gasteiger partial charge >= 0.3 is 0 Å². The van der Waals surface area contributed by atoms with Gasteiger partial charge in [0.25, 0.3) is 5.91 Å². The number of carbonyl (C=O) groups is 2. The first-order valence-electron chi connectivity index (χ1n) is 9.88. The zero-order valence-corrected chi connectivity index (χ0v) is 16.9. The summed E-state index contributed by atoms with van der Waals surface area (Å²) in [6, 6.07) is 7.38. The summed E-state index contributed by atoms with van der Waals surface area (Å²) >= 11 is 0. The summed E-state index contributed by atoms with van der Waals surface area (Å²) in [5.41, 5.74) is 4.39. The van der Waals surface area contributed by atoms with Gasteiger partial charge in [-0.1, -0.05) is 11.2 Å². The fourth-order valence-electron chi connectivity index (χ4n) is 3.88. The van der Waals surface area contributed by atoms with Crippen molar-refractivity contribution in [1.29, 1.82) is 0 Å². The smallest absolute Gasteiger partial charge is 0.278 e. The lowest BCUT2D eigenvalue weighted by molar-refractivity contribution is -0.119. The standard InChI is InChI=1S/C21H20N6O4/c1-10(12-6-17(28)22-8-12)31-21-19-16(23-9-24-19)7-14(26-21)11-3-4-13-15(5-11)25-20(29)18(13)27-30-2/h3-5,7,9-10,12H,6,8H2,1-2H3,(H,22,28)(H,23,24)(H,25,27,29)/t10-,12-/m1/s1. The number of H-pyrrole nitrogens is 1. The van der Waals surface area contributed by atoms with E-state index in [4.69, 9.17) is 14.6 Å². The van der Waals surface area contributed by atoms with Gasteiger partial charge in [0.2, 0.25) is 11.8 Å². The second-order valence-corrected chi connectivity index (χ2v) is 7.54. The molecular formula is C21H20N6O4. The second-order valence-electron chi connectivity index (χ2n) is 7.54. The Bertz CT molecular complexity index is 1230. The van der Waals surface area contributed by atoms with Crippen molar-refractivity contribution in [2.75, 3.05) is 19.0 Å². The molecule has 158 valence electrons. The Morgan fingerprint density at radius 3 is 2.90 bits per heavy atom. The molecule has 10 nitrogen and oxygen atoms in total. The normalized spacial score (nSPS) is 19.9. The van der Waals surface area contributed by atoms with Crippen LogP contribution in [0.3, 0.4) is 0 Å². The van der Waals surface area contributed by atoms with Crippen LogP contribution in [0.1, 0.15) is 18.9 Å². The molecule has 2 atom stereocenters. The number of imidazole rings is 1. The van der Waals surface area contributed by atoms with Gasteiger partial charge in [0, 0.05) is 30.0 Å². The lowest BCUT2D eigenvalue weighted by Crippen LogP contribution is -2.26. The molecule has 31 heavy (non-hydrogen) atoms. The van der Waals surface area contributed by atoms with Crippen LogP contribution in [0.5, 0.6) is 5.88 Å². The fourth-order valence-corrected chi connectivity index (χ4v) is 3.88. The summed E-state index contributed by atoms with van der Waals surface area (Å²) in [4.78, 5) is 40.6. The Morgan fingerprint density at radius 1 is 1.26 bits per heavy atom. The van der Waals surface area contributed by atoms with Crippen LogP contribution in [0.4, 0.5) is 5.69 Å². The largest absolute Gasteiger partial charge is 0.473 e. The number of aromatic nitrogens is 3. The van der Waals surface area contributed by atoms with Crippen molar-refractivity contribution >= 4 is 34.2 Å². The number of fused-ring (bicyclic) bond motifs is 2. The number of hydrogen-bond donors (Lipinski definition) is 3. The van der Waals surface area contributed by atoms with Gasteiger partial charge in [-0.25, -0.2) is 9.97 Å². The molecule has 1 saturated heterocycles. The molecule has 0 bridgehead atoms. The van der Waals surface area contributed by atoms with Crippen LogP contribution in [0.25, 0.3) is 22.3 Å². The molecule has 1 fully saturated rings. The van der Waals surface area contributed by atoms with Crippen LogP contribution in [0.2, 0.25) is 0 Å². The molecule has 0 spiro atoms. The number of nitrogens with one attached hydrogen (secondary N) is 3. The fraction of sp³-hybridized carbons (Fsp3) is 0.286. The van der Waals surface area contributed by atoms with E-state index in [9.17, 15) is 9.59 Å². The van der Waals surface area contributed by atoms with Crippen molar-refractivity contribution in [2.24, 2.45) is 11.1 Å². The molecule has 5 rings (SSSR count). The summed E-state index contributed by atoms with van der Waals surface area (Å²) in [5, 5.41) is 9.43. The number of hydrogen-bond acceptors (Lipinski definition) is 7. The van der Waals surface area contributed by atoms with Crippen molar-refractivity contribution in [1.82, 2.24) is 20.3 Å². The number of rotatable bonds is 5. The van der Waals surface area contributed by atoms with E-state index in [1.165, 1.54) is 7.11 Å². The zero-order chi connectivity index (χ0) is 21.5.